The van der Waals surface area contributed by atoms with E-state index in [1.807, 2.05) is 6.20 Å². The molecule has 0 aliphatic heterocycles. The van der Waals surface area contributed by atoms with Crippen LogP contribution in [0.5, 0.6) is 5.75 Å². The summed E-state index contributed by atoms with van der Waals surface area (Å²) in [6.45, 7) is 0.789. The van der Waals surface area contributed by atoms with Crippen LogP contribution >= 0.6 is 0 Å². The van der Waals surface area contributed by atoms with Crippen LogP contribution in [0.2, 0.25) is 0 Å². The molecule has 0 atom stereocenters. The summed E-state index contributed by atoms with van der Waals surface area (Å²) in [5.74, 6) is 1.68. The Balaban J connectivity index is 0.000000980. The molecule has 1 aromatic rings. The maximum absolute atomic E-state index is 5.22. The fraction of sp³-hybridized carbons (Fsp3) is 0.500. The number of hydrogen-bond acceptors (Lipinski definition) is 1. The van der Waals surface area contributed by atoms with E-state index in [2.05, 4.69) is 16.8 Å². The number of methoxy groups -OCH3 is 1. The Morgan fingerprint density at radius 2 is 2.13 bits per heavy atom. The van der Waals surface area contributed by atoms with Gasteiger partial charge in [0.1, 0.15) is 6.54 Å². The van der Waals surface area contributed by atoms with Crippen LogP contribution in [0.3, 0.4) is 0 Å². The average molecular weight is 251 g/mol. The van der Waals surface area contributed by atoms with Gasteiger partial charge in [0, 0.05) is 12.0 Å². The van der Waals surface area contributed by atoms with Gasteiger partial charge in [0.15, 0.2) is 11.4 Å². The molecule has 1 aliphatic carbocycles. The number of ether oxygens (including phenoxy) is 1. The minimum Gasteiger partial charge on any atom is -1.00 e. The van der Waals surface area contributed by atoms with Crippen molar-refractivity contribution in [1.29, 1.82) is 0 Å². The summed E-state index contributed by atoms with van der Waals surface area (Å²) in [6.07, 6.45) is 4.58. The van der Waals surface area contributed by atoms with Crippen molar-refractivity contribution in [1.82, 2.24) is 0 Å². The molecule has 5 heteroatoms. The molecule has 3 nitrogen and oxygen atoms in total. The predicted molar refractivity (Wildman–Crippen MR) is 48.1 cm³/mol. The molecule has 0 bridgehead atoms. The number of hydrogen-bond donors (Lipinski definition) is 1. The third-order valence-corrected chi connectivity index (χ3v) is 2.52. The van der Waals surface area contributed by atoms with E-state index < -0.39 is 0 Å². The molecule has 0 saturated heterocycles. The molecule has 2 rings (SSSR count). The highest BCUT2D eigenvalue weighted by Gasteiger charge is 2.30. The molecule has 86 valence electrons. The van der Waals surface area contributed by atoms with Gasteiger partial charge in [-0.3, -0.25) is 0 Å². The smallest absolute Gasteiger partial charge is 0.210 e. The van der Waals surface area contributed by atoms with E-state index in [0.29, 0.717) is 0 Å². The second-order valence-corrected chi connectivity index (χ2v) is 3.51. The van der Waals surface area contributed by atoms with Crippen molar-refractivity contribution in [3.63, 3.8) is 0 Å². The van der Waals surface area contributed by atoms with E-state index in [1.165, 1.54) is 24.1 Å². The lowest BCUT2D eigenvalue weighted by atomic mass is 10.1. The Hall–Kier alpha value is -0.510. The van der Waals surface area contributed by atoms with Crippen molar-refractivity contribution < 1.29 is 40.3 Å². The monoisotopic (exact) mass is 250 g/mol. The number of pyridine rings is 1. The molecule has 1 heterocycles. The summed E-state index contributed by atoms with van der Waals surface area (Å²) in [5.41, 5.74) is 6.42. The van der Waals surface area contributed by atoms with Crippen molar-refractivity contribution in [2.45, 2.75) is 25.3 Å². The highest BCUT2D eigenvalue weighted by Crippen LogP contribution is 2.38. The van der Waals surface area contributed by atoms with Crippen molar-refractivity contribution in [3.05, 3.63) is 23.5 Å². The van der Waals surface area contributed by atoms with Crippen LogP contribution in [0, 0.1) is 0 Å². The molecule has 1 aromatic heterocycles. The van der Waals surface area contributed by atoms with E-state index in [1.54, 1.807) is 7.11 Å². The summed E-state index contributed by atoms with van der Waals surface area (Å²) >= 11 is 0. The first-order valence-electron chi connectivity index (χ1n) is 4.73. The maximum Gasteiger partial charge on any atom is 0.210 e. The normalized spacial score (nSPS) is 13.7. The lowest BCUT2D eigenvalue weighted by Crippen LogP contribution is -3.00. The van der Waals surface area contributed by atoms with E-state index in [-0.39, 0.29) is 24.8 Å². The maximum atomic E-state index is 5.22. The summed E-state index contributed by atoms with van der Waals surface area (Å²) in [7, 11) is 1.69. The Kier molecular flexibility index (Phi) is 5.95. The van der Waals surface area contributed by atoms with Crippen LogP contribution in [0.15, 0.2) is 12.3 Å². The van der Waals surface area contributed by atoms with Crippen LogP contribution in [0.1, 0.15) is 30.0 Å². The molecule has 4 N–H and O–H groups in total. The largest absolute Gasteiger partial charge is 1.00 e. The van der Waals surface area contributed by atoms with Crippen molar-refractivity contribution in [3.8, 4) is 5.75 Å². The summed E-state index contributed by atoms with van der Waals surface area (Å²) in [4.78, 5) is 3.27. The number of rotatable bonds is 3. The minimum atomic E-state index is 0. The summed E-state index contributed by atoms with van der Waals surface area (Å²) < 4.78 is 5.22. The van der Waals surface area contributed by atoms with Gasteiger partial charge >= 0.3 is 0 Å². The number of H-pyrrole nitrogens is 1. The first-order valence-corrected chi connectivity index (χ1v) is 4.73. The summed E-state index contributed by atoms with van der Waals surface area (Å²) in [6, 6.07) is 2.18. The zero-order valence-corrected chi connectivity index (χ0v) is 10.2. The molecular formula is C10H16Cl2N2O. The number of aromatic nitrogens is 1. The minimum absolute atomic E-state index is 0. The van der Waals surface area contributed by atoms with Gasteiger partial charge in [-0.1, -0.05) is 0 Å². The number of halogens is 2. The van der Waals surface area contributed by atoms with Crippen LogP contribution in [-0.2, 0) is 6.54 Å². The SMILES string of the molecule is COc1c[nH+]c(C2CC2)cc1C[NH3+].[Cl-].[Cl-]. The molecule has 15 heavy (non-hydrogen) atoms. The average Bonchev–Trinajstić information content (AvgIpc) is 3.00. The van der Waals surface area contributed by atoms with Gasteiger partial charge in [-0.25, -0.2) is 4.98 Å². The Bertz CT molecular complexity index is 316. The first-order chi connectivity index (χ1) is 6.35. The van der Waals surface area contributed by atoms with Crippen LogP contribution in [0.25, 0.3) is 0 Å². The van der Waals surface area contributed by atoms with Crippen molar-refractivity contribution >= 4 is 0 Å². The second kappa shape index (κ2) is 6.16. The molecular weight excluding hydrogens is 235 g/mol. The zero-order chi connectivity index (χ0) is 9.26. The topological polar surface area (TPSA) is 51.0 Å². The van der Waals surface area contributed by atoms with Crippen LogP contribution in [0.4, 0.5) is 0 Å². The van der Waals surface area contributed by atoms with Gasteiger partial charge in [-0.2, -0.15) is 0 Å². The molecule has 1 aliphatic rings. The van der Waals surface area contributed by atoms with E-state index in [4.69, 9.17) is 4.74 Å². The van der Waals surface area contributed by atoms with Gasteiger partial charge in [0.05, 0.1) is 12.7 Å². The van der Waals surface area contributed by atoms with E-state index in [0.717, 1.165) is 18.2 Å². The molecule has 0 spiro atoms. The van der Waals surface area contributed by atoms with Gasteiger partial charge in [-0.15, -0.1) is 0 Å². The Labute approximate surface area is 102 Å². The quantitative estimate of drug-likeness (QED) is 0.571. The fourth-order valence-electron chi connectivity index (χ4n) is 1.56. The number of aromatic amines is 1. The van der Waals surface area contributed by atoms with Crippen LogP contribution in [-0.4, -0.2) is 7.11 Å². The van der Waals surface area contributed by atoms with Crippen LogP contribution < -0.4 is 40.3 Å². The lowest BCUT2D eigenvalue weighted by Gasteiger charge is -2.01. The Morgan fingerprint density at radius 3 is 2.60 bits per heavy atom. The zero-order valence-electron chi connectivity index (χ0n) is 8.72. The highest BCUT2D eigenvalue weighted by atomic mass is 35.5. The van der Waals surface area contributed by atoms with Crippen molar-refractivity contribution in [2.75, 3.05) is 7.11 Å². The molecule has 0 aromatic carbocycles. The molecule has 0 amide bonds. The molecule has 0 unspecified atom stereocenters. The van der Waals surface area contributed by atoms with Gasteiger partial charge < -0.3 is 35.3 Å². The fourth-order valence-corrected chi connectivity index (χ4v) is 1.56. The van der Waals surface area contributed by atoms with E-state index >= 15 is 0 Å². The predicted octanol–water partition coefficient (Wildman–Crippen LogP) is -5.86. The third kappa shape index (κ3) is 3.23. The molecule has 1 fully saturated rings. The number of nitrogens with one attached hydrogen (secondary N) is 1. The second-order valence-electron chi connectivity index (χ2n) is 3.51. The standard InChI is InChI=1S/C10H14N2O.2ClH/c1-13-10-6-12-9(7-2-3-7)4-8(10)5-11;;/h4,6-7H,2-3,5,11H2,1H3;2*1H. The molecule has 1 saturated carbocycles. The lowest BCUT2D eigenvalue weighted by molar-refractivity contribution is -0.398. The van der Waals surface area contributed by atoms with Gasteiger partial charge in [-0.05, 0) is 12.8 Å². The van der Waals surface area contributed by atoms with Gasteiger partial charge in [0.25, 0.3) is 0 Å². The van der Waals surface area contributed by atoms with E-state index in [9.17, 15) is 0 Å². The summed E-state index contributed by atoms with van der Waals surface area (Å²) in [5, 5.41) is 0. The van der Waals surface area contributed by atoms with Crippen molar-refractivity contribution in [2.24, 2.45) is 0 Å². The highest BCUT2D eigenvalue weighted by molar-refractivity contribution is 5.30. The third-order valence-electron chi connectivity index (χ3n) is 2.52. The number of quaternary nitrogens is 1. The van der Waals surface area contributed by atoms with Gasteiger partial charge in [0.2, 0.25) is 6.20 Å². The first kappa shape index (κ1) is 14.5. The Morgan fingerprint density at radius 1 is 1.47 bits per heavy atom. The molecule has 0 radical (unpaired) electrons.